The van der Waals surface area contributed by atoms with Crippen molar-refractivity contribution in [3.63, 3.8) is 0 Å². The van der Waals surface area contributed by atoms with Crippen molar-refractivity contribution in [3.8, 4) is 5.75 Å². The number of amides is 1. The highest BCUT2D eigenvalue weighted by molar-refractivity contribution is 7.12. The maximum Gasteiger partial charge on any atom is 0.341 e. The highest BCUT2D eigenvalue weighted by Gasteiger charge is 2.20. The van der Waals surface area contributed by atoms with E-state index < -0.39 is 12.1 Å². The van der Waals surface area contributed by atoms with Crippen LogP contribution in [0.4, 0.5) is 5.69 Å². The second-order valence-electron chi connectivity index (χ2n) is 7.63. The van der Waals surface area contributed by atoms with E-state index in [9.17, 15) is 14.7 Å². The first-order valence-electron chi connectivity index (χ1n) is 9.51. The standard InChI is InChI=1S/C21H28N2O5S/c1-5-27-20(26)16-11-14(23-19(25)18-7-6-10-29-18)8-9-17(16)28-13-15(24)12-22-21(2,3)4/h6-11,15,22,24H,5,12-13H2,1-4H3,(H,23,25)/p+1/t15-/m0/s1. The molecular weight excluding hydrogens is 392 g/mol. The molecule has 0 aliphatic rings. The third-order valence-corrected chi connectivity index (χ3v) is 4.78. The molecule has 2 rings (SSSR count). The molecule has 1 atom stereocenters. The van der Waals surface area contributed by atoms with Crippen LogP contribution in [0.5, 0.6) is 5.75 Å². The third kappa shape index (κ3) is 7.49. The fraction of sp³-hybridized carbons (Fsp3) is 0.429. The van der Waals surface area contributed by atoms with Crippen LogP contribution in [0, 0.1) is 0 Å². The van der Waals surface area contributed by atoms with E-state index in [2.05, 4.69) is 26.1 Å². The number of hydrogen-bond acceptors (Lipinski definition) is 6. The van der Waals surface area contributed by atoms with E-state index in [0.29, 0.717) is 22.9 Å². The number of aliphatic hydroxyl groups excluding tert-OH is 1. The summed E-state index contributed by atoms with van der Waals surface area (Å²) >= 11 is 1.33. The molecule has 0 aliphatic heterocycles. The summed E-state index contributed by atoms with van der Waals surface area (Å²) in [6.07, 6.45) is -0.692. The van der Waals surface area contributed by atoms with Crippen molar-refractivity contribution >= 4 is 28.9 Å². The summed E-state index contributed by atoms with van der Waals surface area (Å²) in [6.45, 7) is 8.63. The van der Waals surface area contributed by atoms with Gasteiger partial charge in [0, 0.05) is 5.69 Å². The molecule has 0 unspecified atom stereocenters. The summed E-state index contributed by atoms with van der Waals surface area (Å²) in [4.78, 5) is 25.2. The van der Waals surface area contributed by atoms with Gasteiger partial charge in [0.2, 0.25) is 0 Å². The number of quaternary nitrogens is 1. The van der Waals surface area contributed by atoms with Crippen molar-refractivity contribution in [3.05, 3.63) is 46.2 Å². The van der Waals surface area contributed by atoms with Crippen LogP contribution in [-0.4, -0.2) is 48.4 Å². The molecule has 8 heteroatoms. The molecule has 1 amide bonds. The molecule has 1 heterocycles. The maximum atomic E-state index is 12.4. The van der Waals surface area contributed by atoms with Crippen molar-refractivity contribution in [1.29, 1.82) is 0 Å². The fourth-order valence-corrected chi connectivity index (χ4v) is 3.06. The number of nitrogens with one attached hydrogen (secondary N) is 1. The zero-order valence-corrected chi connectivity index (χ0v) is 18.0. The highest BCUT2D eigenvalue weighted by Crippen LogP contribution is 2.25. The zero-order chi connectivity index (χ0) is 21.4. The van der Waals surface area contributed by atoms with E-state index in [4.69, 9.17) is 9.47 Å². The van der Waals surface area contributed by atoms with E-state index in [0.717, 1.165) is 0 Å². The van der Waals surface area contributed by atoms with E-state index in [1.807, 2.05) is 10.7 Å². The van der Waals surface area contributed by atoms with Gasteiger partial charge in [-0.15, -0.1) is 11.3 Å². The predicted molar refractivity (Wildman–Crippen MR) is 113 cm³/mol. The Morgan fingerprint density at radius 1 is 1.28 bits per heavy atom. The first kappa shape index (κ1) is 22.9. The number of benzene rings is 1. The Balaban J connectivity index is 2.10. The number of nitrogens with two attached hydrogens (primary N) is 1. The normalized spacial score (nSPS) is 12.3. The topological polar surface area (TPSA) is 101 Å². The van der Waals surface area contributed by atoms with Crippen LogP contribution in [0.15, 0.2) is 35.7 Å². The molecule has 0 aliphatic carbocycles. The summed E-state index contributed by atoms with van der Waals surface area (Å²) in [5, 5.41) is 16.8. The van der Waals surface area contributed by atoms with Crippen molar-refractivity contribution in [1.82, 2.24) is 0 Å². The highest BCUT2D eigenvalue weighted by atomic mass is 32.1. The van der Waals surface area contributed by atoms with Crippen LogP contribution in [0.1, 0.15) is 47.7 Å². The Labute approximate surface area is 175 Å². The van der Waals surface area contributed by atoms with Crippen molar-refractivity contribution in [2.75, 3.05) is 25.1 Å². The van der Waals surface area contributed by atoms with E-state index >= 15 is 0 Å². The lowest BCUT2D eigenvalue weighted by Crippen LogP contribution is -2.96. The van der Waals surface area contributed by atoms with Gasteiger partial charge in [-0.2, -0.15) is 0 Å². The molecule has 158 valence electrons. The molecule has 2 aromatic rings. The van der Waals surface area contributed by atoms with Gasteiger partial charge >= 0.3 is 5.97 Å². The largest absolute Gasteiger partial charge is 0.490 e. The average Bonchev–Trinajstić information content (AvgIpc) is 3.20. The summed E-state index contributed by atoms with van der Waals surface area (Å²) in [5.74, 6) is -0.505. The number of hydrogen-bond donors (Lipinski definition) is 3. The maximum absolute atomic E-state index is 12.4. The number of esters is 1. The minimum Gasteiger partial charge on any atom is -0.490 e. The molecule has 0 spiro atoms. The van der Waals surface area contributed by atoms with E-state index in [-0.39, 0.29) is 30.2 Å². The van der Waals surface area contributed by atoms with Gasteiger partial charge in [-0.1, -0.05) is 6.07 Å². The van der Waals surface area contributed by atoms with Gasteiger partial charge in [-0.3, -0.25) is 4.79 Å². The molecule has 0 radical (unpaired) electrons. The Bertz CT molecular complexity index is 815. The minimum atomic E-state index is -0.692. The molecule has 1 aromatic carbocycles. The van der Waals surface area contributed by atoms with Gasteiger partial charge in [-0.05, 0) is 57.3 Å². The molecule has 0 bridgehead atoms. The number of ether oxygens (including phenoxy) is 2. The van der Waals surface area contributed by atoms with Gasteiger partial charge in [0.1, 0.15) is 30.6 Å². The smallest absolute Gasteiger partial charge is 0.341 e. The van der Waals surface area contributed by atoms with Gasteiger partial charge < -0.3 is 25.2 Å². The summed E-state index contributed by atoms with van der Waals surface area (Å²) in [6, 6.07) is 8.28. The number of carbonyl (C=O) groups excluding carboxylic acids is 2. The molecule has 0 saturated heterocycles. The predicted octanol–water partition coefficient (Wildman–Crippen LogP) is 2.28. The first-order chi connectivity index (χ1) is 13.7. The molecule has 29 heavy (non-hydrogen) atoms. The van der Waals surface area contributed by atoms with Crippen molar-refractivity contribution in [2.24, 2.45) is 0 Å². The fourth-order valence-electron chi connectivity index (χ4n) is 2.45. The first-order valence-corrected chi connectivity index (χ1v) is 10.4. The number of anilines is 1. The molecule has 4 N–H and O–H groups in total. The number of aliphatic hydroxyl groups is 1. The Morgan fingerprint density at radius 2 is 2.03 bits per heavy atom. The molecule has 0 saturated carbocycles. The molecule has 0 fully saturated rings. The second-order valence-corrected chi connectivity index (χ2v) is 8.58. The Morgan fingerprint density at radius 3 is 2.66 bits per heavy atom. The number of thiophene rings is 1. The lowest BCUT2D eigenvalue weighted by molar-refractivity contribution is -0.722. The van der Waals surface area contributed by atoms with Crippen LogP contribution in [-0.2, 0) is 4.74 Å². The van der Waals surface area contributed by atoms with Crippen molar-refractivity contribution in [2.45, 2.75) is 39.3 Å². The van der Waals surface area contributed by atoms with Crippen LogP contribution < -0.4 is 15.4 Å². The van der Waals surface area contributed by atoms with Gasteiger partial charge in [-0.25, -0.2) is 4.79 Å². The Kier molecular flexibility index (Phi) is 8.19. The summed E-state index contributed by atoms with van der Waals surface area (Å²) < 4.78 is 10.8. The lowest BCUT2D eigenvalue weighted by atomic mass is 10.1. The Hall–Kier alpha value is -2.42. The zero-order valence-electron chi connectivity index (χ0n) is 17.2. The van der Waals surface area contributed by atoms with Crippen LogP contribution in [0.2, 0.25) is 0 Å². The average molecular weight is 422 g/mol. The van der Waals surface area contributed by atoms with E-state index in [1.54, 1.807) is 31.2 Å². The van der Waals surface area contributed by atoms with Gasteiger partial charge in [0.25, 0.3) is 5.91 Å². The second kappa shape index (κ2) is 10.4. The van der Waals surface area contributed by atoms with Gasteiger partial charge in [0.05, 0.1) is 17.0 Å². The van der Waals surface area contributed by atoms with Crippen molar-refractivity contribution < 1.29 is 29.5 Å². The van der Waals surface area contributed by atoms with Crippen LogP contribution >= 0.6 is 11.3 Å². The van der Waals surface area contributed by atoms with Gasteiger partial charge in [0.15, 0.2) is 0 Å². The molecule has 1 aromatic heterocycles. The molecular formula is C21H29N2O5S+. The minimum absolute atomic E-state index is 0.000505. The van der Waals surface area contributed by atoms with Crippen LogP contribution in [0.3, 0.4) is 0 Å². The molecule has 7 nitrogen and oxygen atoms in total. The monoisotopic (exact) mass is 421 g/mol. The quantitative estimate of drug-likeness (QED) is 0.539. The number of carbonyl (C=O) groups is 2. The number of rotatable bonds is 9. The summed E-state index contributed by atoms with van der Waals surface area (Å²) in [7, 11) is 0. The third-order valence-electron chi connectivity index (χ3n) is 3.91. The van der Waals surface area contributed by atoms with E-state index in [1.165, 1.54) is 17.4 Å². The SMILES string of the molecule is CCOC(=O)c1cc(NC(=O)c2cccs2)ccc1OC[C@@H](O)C[NH2+]C(C)(C)C. The lowest BCUT2D eigenvalue weighted by Gasteiger charge is -2.20. The van der Waals surface area contributed by atoms with Crippen LogP contribution in [0.25, 0.3) is 0 Å². The summed E-state index contributed by atoms with van der Waals surface area (Å²) in [5.41, 5.74) is 0.655.